The molecule has 64 valence electrons. The molecule has 2 amide bonds. The summed E-state index contributed by atoms with van der Waals surface area (Å²) in [4.78, 5) is 10.9. The second-order valence-corrected chi connectivity index (χ2v) is 2.90. The number of nitrogens with one attached hydrogen (secondary N) is 2. The van der Waals surface area contributed by atoms with Crippen molar-refractivity contribution in [3.8, 4) is 0 Å². The Bertz CT molecular complexity index is 260. The lowest BCUT2D eigenvalue weighted by atomic mass is 10.7. The van der Waals surface area contributed by atoms with E-state index in [1.54, 1.807) is 0 Å². The highest BCUT2D eigenvalue weighted by molar-refractivity contribution is 7.79. The van der Waals surface area contributed by atoms with Crippen LogP contribution in [0.15, 0.2) is 6.20 Å². The van der Waals surface area contributed by atoms with Crippen LogP contribution in [0.25, 0.3) is 0 Å². The second kappa shape index (κ2) is 4.73. The zero-order valence-corrected chi connectivity index (χ0v) is 7.61. The predicted molar refractivity (Wildman–Crippen MR) is 50.6 cm³/mol. The molecule has 0 saturated heterocycles. The van der Waals surface area contributed by atoms with Crippen LogP contribution >= 0.6 is 23.8 Å². The van der Waals surface area contributed by atoms with Crippen LogP contribution in [0.4, 0.5) is 9.80 Å². The standard InChI is InChI=1S/C5H6N4OS2/c10-5(6-1-2-11)8-4-3-7-9-12-4/h2-3H,1H2,(H2,6,8,10). The average Bonchev–Trinajstić information content (AvgIpc) is 2.53. The molecule has 1 aromatic heterocycles. The summed E-state index contributed by atoms with van der Waals surface area (Å²) < 4.78 is 3.58. The number of urea groups is 1. The van der Waals surface area contributed by atoms with Crippen molar-refractivity contribution < 1.29 is 4.79 Å². The quantitative estimate of drug-likeness (QED) is 0.707. The third kappa shape index (κ3) is 2.89. The van der Waals surface area contributed by atoms with Gasteiger partial charge in [-0.3, -0.25) is 5.32 Å². The van der Waals surface area contributed by atoms with Gasteiger partial charge < -0.3 is 5.32 Å². The molecule has 0 saturated carbocycles. The molecule has 1 rings (SSSR count). The molecule has 2 N–H and O–H groups in total. The van der Waals surface area contributed by atoms with Crippen molar-refractivity contribution in [1.82, 2.24) is 14.9 Å². The normalized spacial score (nSPS) is 9.00. The Morgan fingerprint density at radius 2 is 2.67 bits per heavy atom. The molecule has 0 radical (unpaired) electrons. The maximum atomic E-state index is 10.9. The Hall–Kier alpha value is -1.08. The van der Waals surface area contributed by atoms with Crippen LogP contribution in [0.5, 0.6) is 0 Å². The number of hydrogen-bond acceptors (Lipinski definition) is 5. The zero-order valence-electron chi connectivity index (χ0n) is 5.98. The van der Waals surface area contributed by atoms with Crippen LogP contribution in [0.1, 0.15) is 0 Å². The number of thiocarbonyl (C=S) groups is 1. The molecule has 0 unspecified atom stereocenters. The van der Waals surface area contributed by atoms with E-state index in [-0.39, 0.29) is 6.03 Å². The molecular weight excluding hydrogens is 196 g/mol. The molecule has 0 atom stereocenters. The Kier molecular flexibility index (Phi) is 3.55. The van der Waals surface area contributed by atoms with Crippen LogP contribution in [-0.4, -0.2) is 27.5 Å². The highest BCUT2D eigenvalue weighted by Crippen LogP contribution is 2.07. The summed E-state index contributed by atoms with van der Waals surface area (Å²) in [6, 6.07) is -0.304. The first-order chi connectivity index (χ1) is 5.83. The topological polar surface area (TPSA) is 66.9 Å². The molecule has 0 bridgehead atoms. The van der Waals surface area contributed by atoms with E-state index in [2.05, 4.69) is 32.4 Å². The van der Waals surface area contributed by atoms with Gasteiger partial charge in [0.1, 0.15) is 5.00 Å². The van der Waals surface area contributed by atoms with Gasteiger partial charge in [-0.15, -0.1) is 5.10 Å². The van der Waals surface area contributed by atoms with Crippen LogP contribution in [0.3, 0.4) is 0 Å². The van der Waals surface area contributed by atoms with E-state index in [9.17, 15) is 4.79 Å². The molecule has 7 heteroatoms. The third-order valence-electron chi connectivity index (χ3n) is 0.944. The van der Waals surface area contributed by atoms with E-state index in [0.717, 1.165) is 11.5 Å². The number of rotatable bonds is 3. The van der Waals surface area contributed by atoms with E-state index in [1.165, 1.54) is 11.6 Å². The number of nitrogens with zero attached hydrogens (tertiary/aromatic N) is 2. The molecular formula is C5H6N4OS2. The lowest BCUT2D eigenvalue weighted by molar-refractivity contribution is 0.253. The molecule has 0 aliphatic rings. The van der Waals surface area contributed by atoms with Crippen LogP contribution in [0.2, 0.25) is 0 Å². The van der Waals surface area contributed by atoms with Gasteiger partial charge in [-0.2, -0.15) is 0 Å². The summed E-state index contributed by atoms with van der Waals surface area (Å²) in [6.45, 7) is 0.368. The first-order valence-electron chi connectivity index (χ1n) is 3.09. The van der Waals surface area contributed by atoms with E-state index in [0.29, 0.717) is 11.5 Å². The van der Waals surface area contributed by atoms with Gasteiger partial charge in [0.05, 0.1) is 6.20 Å². The zero-order chi connectivity index (χ0) is 8.81. The maximum Gasteiger partial charge on any atom is 0.320 e. The number of carbonyl (C=O) groups excluding carboxylic acids is 1. The predicted octanol–water partition coefficient (Wildman–Crippen LogP) is 0.659. The molecule has 5 nitrogen and oxygen atoms in total. The van der Waals surface area contributed by atoms with Crippen molar-refractivity contribution in [3.05, 3.63) is 6.20 Å². The van der Waals surface area contributed by atoms with Gasteiger partial charge in [-0.1, -0.05) is 16.7 Å². The largest absolute Gasteiger partial charge is 0.334 e. The fraction of sp³-hybridized carbons (Fsp3) is 0.200. The number of carbonyl (C=O) groups is 1. The number of hydrogen-bond donors (Lipinski definition) is 2. The van der Waals surface area contributed by atoms with Gasteiger partial charge in [-0.05, 0) is 5.37 Å². The fourth-order valence-electron chi connectivity index (χ4n) is 0.513. The summed E-state index contributed by atoms with van der Waals surface area (Å²) in [5.41, 5.74) is 0. The molecule has 0 aliphatic carbocycles. The van der Waals surface area contributed by atoms with Crippen molar-refractivity contribution in [2.75, 3.05) is 11.9 Å². The summed E-state index contributed by atoms with van der Waals surface area (Å²) in [5, 5.41) is 10.6. The minimum absolute atomic E-state index is 0.304. The lowest BCUT2D eigenvalue weighted by Gasteiger charge is -2.00. The Labute approximate surface area is 78.3 Å². The summed E-state index contributed by atoms with van der Waals surface area (Å²) in [7, 11) is 0. The summed E-state index contributed by atoms with van der Waals surface area (Å²) in [5.74, 6) is 0. The van der Waals surface area contributed by atoms with Gasteiger partial charge in [-0.25, -0.2) is 4.79 Å². The smallest absolute Gasteiger partial charge is 0.320 e. The third-order valence-corrected chi connectivity index (χ3v) is 1.69. The van der Waals surface area contributed by atoms with Crippen molar-refractivity contribution in [1.29, 1.82) is 0 Å². The number of amides is 2. The van der Waals surface area contributed by atoms with E-state index >= 15 is 0 Å². The second-order valence-electron chi connectivity index (χ2n) is 1.78. The fourth-order valence-corrected chi connectivity index (χ4v) is 1.01. The van der Waals surface area contributed by atoms with E-state index in [1.807, 2.05) is 0 Å². The van der Waals surface area contributed by atoms with Crippen LogP contribution in [-0.2, 0) is 0 Å². The molecule has 0 spiro atoms. The Morgan fingerprint density at radius 1 is 1.83 bits per heavy atom. The SMILES string of the molecule is O=C(NCC=S)Nc1cnns1. The monoisotopic (exact) mass is 202 g/mol. The highest BCUT2D eigenvalue weighted by Gasteiger charge is 2.00. The minimum Gasteiger partial charge on any atom is -0.334 e. The van der Waals surface area contributed by atoms with Gasteiger partial charge >= 0.3 is 6.03 Å². The number of aromatic nitrogens is 2. The molecule has 12 heavy (non-hydrogen) atoms. The van der Waals surface area contributed by atoms with Crippen molar-refractivity contribution in [2.45, 2.75) is 0 Å². The van der Waals surface area contributed by atoms with Gasteiger partial charge in [0, 0.05) is 18.1 Å². The Morgan fingerprint density at radius 3 is 3.25 bits per heavy atom. The average molecular weight is 202 g/mol. The summed E-state index contributed by atoms with van der Waals surface area (Å²) >= 11 is 5.64. The lowest BCUT2D eigenvalue weighted by Crippen LogP contribution is -2.29. The molecule has 0 aromatic carbocycles. The minimum atomic E-state index is -0.304. The van der Waals surface area contributed by atoms with Gasteiger partial charge in [0.2, 0.25) is 0 Å². The van der Waals surface area contributed by atoms with Crippen molar-refractivity contribution in [2.24, 2.45) is 0 Å². The Balaban J connectivity index is 2.32. The molecule has 1 aromatic rings. The molecule has 0 aliphatic heterocycles. The van der Waals surface area contributed by atoms with E-state index < -0.39 is 0 Å². The first-order valence-corrected chi connectivity index (χ1v) is 4.33. The maximum absolute atomic E-state index is 10.9. The van der Waals surface area contributed by atoms with Gasteiger partial charge in [0.15, 0.2) is 0 Å². The van der Waals surface area contributed by atoms with E-state index in [4.69, 9.17) is 0 Å². The molecule has 0 fully saturated rings. The first kappa shape index (κ1) is 9.01. The summed E-state index contributed by atoms with van der Waals surface area (Å²) in [6.07, 6.45) is 1.47. The van der Waals surface area contributed by atoms with Crippen molar-refractivity contribution >= 4 is 40.2 Å². The van der Waals surface area contributed by atoms with Gasteiger partial charge in [0.25, 0.3) is 0 Å². The number of anilines is 1. The highest BCUT2D eigenvalue weighted by atomic mass is 32.1. The molecule has 1 heterocycles. The van der Waals surface area contributed by atoms with Crippen LogP contribution in [0, 0.1) is 0 Å². The van der Waals surface area contributed by atoms with Crippen LogP contribution < -0.4 is 10.6 Å². The van der Waals surface area contributed by atoms with Crippen molar-refractivity contribution in [3.63, 3.8) is 0 Å².